The van der Waals surface area contributed by atoms with Gasteiger partial charge in [0.25, 0.3) is 10.2 Å². The normalized spacial score (nSPS) is 25.9. The van der Waals surface area contributed by atoms with Crippen LogP contribution in [0.25, 0.3) is 0 Å². The molecule has 7 heteroatoms. The van der Waals surface area contributed by atoms with Crippen molar-refractivity contribution in [1.82, 2.24) is 14.3 Å². The van der Waals surface area contributed by atoms with Crippen LogP contribution >= 0.6 is 0 Å². The summed E-state index contributed by atoms with van der Waals surface area (Å²) < 4.78 is 27.8. The molecular weight excluding hydrogens is 254 g/mol. The van der Waals surface area contributed by atoms with Gasteiger partial charge in [0.2, 0.25) is 5.91 Å². The molecule has 0 aromatic heterocycles. The summed E-state index contributed by atoms with van der Waals surface area (Å²) in [6.45, 7) is 7.22. The van der Waals surface area contributed by atoms with Crippen LogP contribution in [0.1, 0.15) is 27.2 Å². The van der Waals surface area contributed by atoms with E-state index in [0.29, 0.717) is 31.5 Å². The third-order valence-corrected chi connectivity index (χ3v) is 4.45. The van der Waals surface area contributed by atoms with E-state index >= 15 is 0 Å². The monoisotopic (exact) mass is 277 g/mol. The van der Waals surface area contributed by atoms with Crippen LogP contribution in [-0.2, 0) is 15.0 Å². The summed E-state index contributed by atoms with van der Waals surface area (Å²) in [5, 5.41) is 2.55. The van der Waals surface area contributed by atoms with Gasteiger partial charge < -0.3 is 5.32 Å². The van der Waals surface area contributed by atoms with Crippen molar-refractivity contribution in [3.8, 4) is 0 Å². The van der Waals surface area contributed by atoms with Crippen molar-refractivity contribution in [2.24, 2.45) is 11.8 Å². The van der Waals surface area contributed by atoms with E-state index in [0.717, 1.165) is 6.42 Å². The lowest BCUT2D eigenvalue weighted by molar-refractivity contribution is -0.119. The van der Waals surface area contributed by atoms with E-state index < -0.39 is 10.2 Å². The minimum atomic E-state index is -3.54. The molecule has 2 N–H and O–H groups in total. The topological polar surface area (TPSA) is 78.5 Å². The van der Waals surface area contributed by atoms with Crippen molar-refractivity contribution in [2.75, 3.05) is 26.2 Å². The molecule has 0 spiro atoms. The average molecular weight is 277 g/mol. The fraction of sp³-hybridized carbons (Fsp3) is 0.909. The van der Waals surface area contributed by atoms with Crippen LogP contribution in [-0.4, -0.2) is 44.8 Å². The summed E-state index contributed by atoms with van der Waals surface area (Å²) >= 11 is 0. The summed E-state index contributed by atoms with van der Waals surface area (Å²) in [6, 6.07) is 0. The summed E-state index contributed by atoms with van der Waals surface area (Å²) in [7, 11) is -3.54. The smallest absolute Gasteiger partial charge is 0.279 e. The Labute approximate surface area is 109 Å². The maximum Gasteiger partial charge on any atom is 0.279 e. The lowest BCUT2D eigenvalue weighted by Crippen LogP contribution is -2.49. The Morgan fingerprint density at radius 3 is 2.33 bits per heavy atom. The first-order valence-electron chi connectivity index (χ1n) is 6.36. The number of hydrogen-bond acceptors (Lipinski definition) is 3. The molecule has 0 aromatic rings. The van der Waals surface area contributed by atoms with Crippen LogP contribution in [0.15, 0.2) is 0 Å². The van der Waals surface area contributed by atoms with Crippen molar-refractivity contribution in [3.63, 3.8) is 0 Å². The van der Waals surface area contributed by atoms with E-state index in [1.807, 2.05) is 13.8 Å². The number of nitrogens with one attached hydrogen (secondary N) is 2. The Balaban J connectivity index is 2.55. The van der Waals surface area contributed by atoms with Gasteiger partial charge in [-0.25, -0.2) is 0 Å². The zero-order valence-electron chi connectivity index (χ0n) is 11.3. The first kappa shape index (κ1) is 15.4. The van der Waals surface area contributed by atoms with Gasteiger partial charge in [-0.1, -0.05) is 13.8 Å². The third kappa shape index (κ3) is 4.55. The predicted octanol–water partition coefficient (Wildman–Crippen LogP) is -0.0652. The largest absolute Gasteiger partial charge is 0.355 e. The molecule has 1 amide bonds. The number of rotatable bonds is 5. The zero-order chi connectivity index (χ0) is 13.8. The first-order valence-corrected chi connectivity index (χ1v) is 7.80. The molecule has 0 saturated carbocycles. The molecule has 1 aliphatic rings. The molecule has 1 fully saturated rings. The van der Waals surface area contributed by atoms with E-state index in [4.69, 9.17) is 0 Å². The molecular formula is C11H23N3O3S. The average Bonchev–Trinajstić information content (AvgIpc) is 2.26. The standard InChI is InChI=1S/C11H23N3O3S/c1-4-12-11(15)6-13-18(16,17)14-7-9(2)5-10(3)8-14/h9-10,13H,4-8H2,1-3H3,(H,12,15). The van der Waals surface area contributed by atoms with Crippen molar-refractivity contribution < 1.29 is 13.2 Å². The first-order chi connectivity index (χ1) is 8.35. The maximum absolute atomic E-state index is 12.0. The minimum Gasteiger partial charge on any atom is -0.355 e. The number of carbonyl (C=O) groups is 1. The van der Waals surface area contributed by atoms with E-state index in [9.17, 15) is 13.2 Å². The van der Waals surface area contributed by atoms with Gasteiger partial charge in [0.15, 0.2) is 0 Å². The predicted molar refractivity (Wildman–Crippen MR) is 70.1 cm³/mol. The van der Waals surface area contributed by atoms with Gasteiger partial charge in [-0.2, -0.15) is 17.4 Å². The Morgan fingerprint density at radius 1 is 1.28 bits per heavy atom. The third-order valence-electron chi connectivity index (χ3n) is 2.96. The van der Waals surface area contributed by atoms with Gasteiger partial charge in [-0.05, 0) is 25.2 Å². The van der Waals surface area contributed by atoms with Crippen molar-refractivity contribution in [2.45, 2.75) is 27.2 Å². The second-order valence-electron chi connectivity index (χ2n) is 5.04. The molecule has 1 rings (SSSR count). The Bertz CT molecular complexity index is 373. The van der Waals surface area contributed by atoms with E-state index in [1.54, 1.807) is 6.92 Å². The highest BCUT2D eigenvalue weighted by Crippen LogP contribution is 2.22. The number of likely N-dealkylation sites (N-methyl/N-ethyl adjacent to an activating group) is 1. The summed E-state index contributed by atoms with van der Waals surface area (Å²) in [5.74, 6) is 0.406. The number of piperidine rings is 1. The fourth-order valence-electron chi connectivity index (χ4n) is 2.31. The second-order valence-corrected chi connectivity index (χ2v) is 6.80. The Kier molecular flexibility index (Phi) is 5.55. The van der Waals surface area contributed by atoms with Crippen molar-refractivity contribution >= 4 is 16.1 Å². The van der Waals surface area contributed by atoms with Crippen LogP contribution in [0.4, 0.5) is 0 Å². The lowest BCUT2D eigenvalue weighted by atomic mass is 9.94. The highest BCUT2D eigenvalue weighted by atomic mass is 32.2. The number of nitrogens with zero attached hydrogens (tertiary/aromatic N) is 1. The van der Waals surface area contributed by atoms with Gasteiger partial charge in [-0.3, -0.25) is 4.79 Å². The van der Waals surface area contributed by atoms with Gasteiger partial charge in [0.1, 0.15) is 0 Å². The van der Waals surface area contributed by atoms with Crippen molar-refractivity contribution in [1.29, 1.82) is 0 Å². The SMILES string of the molecule is CCNC(=O)CNS(=O)(=O)N1CC(C)CC(C)C1. The summed E-state index contributed by atoms with van der Waals surface area (Å²) in [6.07, 6.45) is 1.04. The van der Waals surface area contributed by atoms with Crippen LogP contribution in [0.2, 0.25) is 0 Å². The Hall–Kier alpha value is -0.660. The minimum absolute atomic E-state index is 0.199. The molecule has 1 heterocycles. The molecule has 0 aromatic carbocycles. The number of hydrogen-bond donors (Lipinski definition) is 2. The van der Waals surface area contributed by atoms with Crippen LogP contribution < -0.4 is 10.0 Å². The molecule has 18 heavy (non-hydrogen) atoms. The highest BCUT2D eigenvalue weighted by molar-refractivity contribution is 7.87. The summed E-state index contributed by atoms with van der Waals surface area (Å²) in [4.78, 5) is 11.2. The highest BCUT2D eigenvalue weighted by Gasteiger charge is 2.30. The molecule has 2 atom stereocenters. The Morgan fingerprint density at radius 2 is 1.83 bits per heavy atom. The van der Waals surface area contributed by atoms with Crippen molar-refractivity contribution in [3.05, 3.63) is 0 Å². The molecule has 1 saturated heterocycles. The quantitative estimate of drug-likeness (QED) is 0.738. The van der Waals surface area contributed by atoms with E-state index in [1.165, 1.54) is 4.31 Å². The molecule has 0 bridgehead atoms. The van der Waals surface area contributed by atoms with Gasteiger partial charge in [-0.15, -0.1) is 0 Å². The molecule has 0 radical (unpaired) electrons. The maximum atomic E-state index is 12.0. The van der Waals surface area contributed by atoms with Gasteiger partial charge >= 0.3 is 0 Å². The van der Waals surface area contributed by atoms with E-state index in [-0.39, 0.29) is 12.5 Å². The fourth-order valence-corrected chi connectivity index (χ4v) is 3.71. The molecule has 2 unspecified atom stereocenters. The lowest BCUT2D eigenvalue weighted by Gasteiger charge is -2.33. The number of carbonyl (C=O) groups excluding carboxylic acids is 1. The van der Waals surface area contributed by atoms with Crippen LogP contribution in [0.3, 0.4) is 0 Å². The zero-order valence-corrected chi connectivity index (χ0v) is 12.1. The van der Waals surface area contributed by atoms with Gasteiger partial charge in [0, 0.05) is 19.6 Å². The van der Waals surface area contributed by atoms with Gasteiger partial charge in [0.05, 0.1) is 6.54 Å². The number of amides is 1. The van der Waals surface area contributed by atoms with Crippen LogP contribution in [0, 0.1) is 11.8 Å². The molecule has 6 nitrogen and oxygen atoms in total. The van der Waals surface area contributed by atoms with Crippen LogP contribution in [0.5, 0.6) is 0 Å². The van der Waals surface area contributed by atoms with E-state index in [2.05, 4.69) is 10.0 Å². The molecule has 0 aliphatic carbocycles. The molecule has 1 aliphatic heterocycles. The second kappa shape index (κ2) is 6.49. The molecule has 106 valence electrons. The summed E-state index contributed by atoms with van der Waals surface area (Å²) in [5.41, 5.74) is 0.